The second kappa shape index (κ2) is 3.23. The van der Waals surface area contributed by atoms with E-state index in [9.17, 15) is 4.79 Å². The van der Waals surface area contributed by atoms with E-state index >= 15 is 0 Å². The zero-order chi connectivity index (χ0) is 9.97. The molecule has 2 rings (SSSR count). The van der Waals surface area contributed by atoms with Crippen LogP contribution in [0.15, 0.2) is 35.1 Å². The van der Waals surface area contributed by atoms with E-state index in [1.54, 1.807) is 12.3 Å². The lowest BCUT2D eigenvalue weighted by atomic mass is 10.2. The zero-order valence-corrected chi connectivity index (χ0v) is 7.24. The Labute approximate surface area is 79.8 Å². The van der Waals surface area contributed by atoms with Crippen LogP contribution in [-0.2, 0) is 0 Å². The summed E-state index contributed by atoms with van der Waals surface area (Å²) in [5, 5.41) is 11.6. The van der Waals surface area contributed by atoms with Crippen LogP contribution in [0.4, 0.5) is 5.69 Å². The van der Waals surface area contributed by atoms with Gasteiger partial charge >= 0.3 is 0 Å². The number of hydrogen-bond donors (Lipinski definition) is 2. The lowest BCUT2D eigenvalue weighted by Gasteiger charge is -1.99. The lowest BCUT2D eigenvalue weighted by Crippen LogP contribution is -2.10. The van der Waals surface area contributed by atoms with Gasteiger partial charge in [-0.1, -0.05) is 18.2 Å². The quantitative estimate of drug-likeness (QED) is 0.521. The van der Waals surface area contributed by atoms with Crippen molar-refractivity contribution in [3.05, 3.63) is 40.7 Å². The Morgan fingerprint density at radius 3 is 2.93 bits per heavy atom. The average molecular weight is 185 g/mol. The fraction of sp³-hybridized carbons (Fsp3) is 0. The molecule has 0 fully saturated rings. The molecule has 0 atom stereocenters. The molecule has 1 heterocycles. The zero-order valence-electron chi connectivity index (χ0n) is 7.24. The SMILES string of the molecule is N#CNc1cc2ccccc2[nH]c1=O. The summed E-state index contributed by atoms with van der Waals surface area (Å²) in [5.41, 5.74) is 0.748. The Hall–Kier alpha value is -2.28. The van der Waals surface area contributed by atoms with Crippen molar-refractivity contribution in [3.8, 4) is 6.19 Å². The first-order chi connectivity index (χ1) is 6.81. The van der Waals surface area contributed by atoms with Gasteiger partial charge in [-0.3, -0.25) is 10.1 Å². The van der Waals surface area contributed by atoms with Crippen molar-refractivity contribution in [2.75, 3.05) is 5.32 Å². The average Bonchev–Trinajstić information content (AvgIpc) is 2.19. The van der Waals surface area contributed by atoms with E-state index in [0.717, 1.165) is 10.9 Å². The summed E-state index contributed by atoms with van der Waals surface area (Å²) in [6.45, 7) is 0. The van der Waals surface area contributed by atoms with E-state index in [0.29, 0.717) is 0 Å². The maximum absolute atomic E-state index is 11.4. The van der Waals surface area contributed by atoms with Gasteiger partial charge in [-0.2, -0.15) is 5.26 Å². The van der Waals surface area contributed by atoms with E-state index in [-0.39, 0.29) is 11.2 Å². The molecule has 0 amide bonds. The number of rotatable bonds is 1. The predicted molar refractivity (Wildman–Crippen MR) is 53.8 cm³/mol. The molecule has 0 saturated heterocycles. The van der Waals surface area contributed by atoms with E-state index < -0.39 is 0 Å². The van der Waals surface area contributed by atoms with Crippen LogP contribution < -0.4 is 10.9 Å². The van der Waals surface area contributed by atoms with Crippen molar-refractivity contribution < 1.29 is 0 Å². The fourth-order valence-electron chi connectivity index (χ4n) is 1.30. The van der Waals surface area contributed by atoms with Gasteiger partial charge in [0, 0.05) is 10.9 Å². The Bertz CT molecular complexity index is 565. The van der Waals surface area contributed by atoms with Gasteiger partial charge in [0.15, 0.2) is 6.19 Å². The summed E-state index contributed by atoms with van der Waals surface area (Å²) in [4.78, 5) is 14.0. The monoisotopic (exact) mass is 185 g/mol. The summed E-state index contributed by atoms with van der Waals surface area (Å²) in [7, 11) is 0. The number of nitriles is 1. The smallest absolute Gasteiger partial charge is 0.272 e. The van der Waals surface area contributed by atoms with Crippen LogP contribution in [0.1, 0.15) is 0 Å². The van der Waals surface area contributed by atoms with Crippen LogP contribution in [0.2, 0.25) is 0 Å². The number of pyridine rings is 1. The van der Waals surface area contributed by atoms with Crippen molar-refractivity contribution in [3.63, 3.8) is 0 Å². The van der Waals surface area contributed by atoms with E-state index in [2.05, 4.69) is 10.3 Å². The van der Waals surface area contributed by atoms with Crippen LogP contribution >= 0.6 is 0 Å². The summed E-state index contributed by atoms with van der Waals surface area (Å²) in [6, 6.07) is 9.05. The molecule has 0 spiro atoms. The normalized spacial score (nSPS) is 9.64. The first-order valence-electron chi connectivity index (χ1n) is 4.08. The highest BCUT2D eigenvalue weighted by molar-refractivity contribution is 5.81. The summed E-state index contributed by atoms with van der Waals surface area (Å²) in [6.07, 6.45) is 1.72. The molecule has 0 bridgehead atoms. The highest BCUT2D eigenvalue weighted by atomic mass is 16.1. The molecule has 0 aliphatic carbocycles. The van der Waals surface area contributed by atoms with Crippen LogP contribution in [0.25, 0.3) is 10.9 Å². The first kappa shape index (κ1) is 8.32. The Morgan fingerprint density at radius 1 is 1.36 bits per heavy atom. The predicted octanol–water partition coefficient (Wildman–Crippen LogP) is 1.42. The number of aromatic amines is 1. The molecule has 14 heavy (non-hydrogen) atoms. The molecule has 0 aliphatic heterocycles. The topological polar surface area (TPSA) is 68.7 Å². The van der Waals surface area contributed by atoms with Gasteiger partial charge in [0.2, 0.25) is 0 Å². The fourth-order valence-corrected chi connectivity index (χ4v) is 1.30. The van der Waals surface area contributed by atoms with Gasteiger partial charge < -0.3 is 4.98 Å². The van der Waals surface area contributed by atoms with Gasteiger partial charge in [-0.15, -0.1) is 0 Å². The molecule has 68 valence electrons. The van der Waals surface area contributed by atoms with Crippen LogP contribution in [0.3, 0.4) is 0 Å². The standard InChI is InChI=1S/C10H7N3O/c11-6-12-9-5-7-3-1-2-4-8(7)13-10(9)14/h1-5,12H,(H,13,14). The van der Waals surface area contributed by atoms with Crippen molar-refractivity contribution in [1.82, 2.24) is 4.98 Å². The van der Waals surface area contributed by atoms with E-state index in [4.69, 9.17) is 5.26 Å². The Balaban J connectivity index is 2.72. The second-order valence-electron chi connectivity index (χ2n) is 2.84. The molecule has 4 nitrogen and oxygen atoms in total. The van der Waals surface area contributed by atoms with E-state index in [1.807, 2.05) is 24.3 Å². The van der Waals surface area contributed by atoms with Crippen molar-refractivity contribution in [2.45, 2.75) is 0 Å². The minimum atomic E-state index is -0.287. The summed E-state index contributed by atoms with van der Waals surface area (Å²) < 4.78 is 0. The van der Waals surface area contributed by atoms with Crippen molar-refractivity contribution in [2.24, 2.45) is 0 Å². The summed E-state index contributed by atoms with van der Waals surface area (Å²) in [5.74, 6) is 0. The molecule has 2 aromatic rings. The minimum absolute atomic E-state index is 0.270. The highest BCUT2D eigenvalue weighted by Crippen LogP contribution is 2.11. The number of benzene rings is 1. The number of fused-ring (bicyclic) bond motifs is 1. The number of para-hydroxylation sites is 1. The maximum atomic E-state index is 11.4. The van der Waals surface area contributed by atoms with Crippen LogP contribution in [-0.4, -0.2) is 4.98 Å². The number of nitrogens with zero attached hydrogens (tertiary/aromatic N) is 1. The van der Waals surface area contributed by atoms with Crippen LogP contribution in [0.5, 0.6) is 0 Å². The molecule has 1 aromatic carbocycles. The highest BCUT2D eigenvalue weighted by Gasteiger charge is 2.00. The molecule has 2 N–H and O–H groups in total. The third kappa shape index (κ3) is 1.31. The molecule has 0 aliphatic rings. The number of aromatic nitrogens is 1. The summed E-state index contributed by atoms with van der Waals surface area (Å²) >= 11 is 0. The molecule has 0 unspecified atom stereocenters. The third-order valence-electron chi connectivity index (χ3n) is 1.94. The maximum Gasteiger partial charge on any atom is 0.272 e. The number of anilines is 1. The number of hydrogen-bond acceptors (Lipinski definition) is 3. The Morgan fingerprint density at radius 2 is 2.14 bits per heavy atom. The molecule has 0 saturated carbocycles. The van der Waals surface area contributed by atoms with Crippen molar-refractivity contribution in [1.29, 1.82) is 5.26 Å². The third-order valence-corrected chi connectivity index (χ3v) is 1.94. The van der Waals surface area contributed by atoms with Crippen LogP contribution in [0, 0.1) is 11.5 Å². The minimum Gasteiger partial charge on any atom is -0.320 e. The van der Waals surface area contributed by atoms with Crippen molar-refractivity contribution >= 4 is 16.6 Å². The molecular formula is C10H7N3O. The lowest BCUT2D eigenvalue weighted by molar-refractivity contribution is 1.30. The van der Waals surface area contributed by atoms with E-state index in [1.165, 1.54) is 0 Å². The molecule has 1 aromatic heterocycles. The Kier molecular flexibility index (Phi) is 1.92. The largest absolute Gasteiger partial charge is 0.320 e. The van der Waals surface area contributed by atoms with Gasteiger partial charge in [0.05, 0.1) is 0 Å². The van der Waals surface area contributed by atoms with Gasteiger partial charge in [0.1, 0.15) is 5.69 Å². The van der Waals surface area contributed by atoms with Gasteiger partial charge in [-0.05, 0) is 12.1 Å². The first-order valence-corrected chi connectivity index (χ1v) is 4.08. The number of nitrogens with one attached hydrogen (secondary N) is 2. The van der Waals surface area contributed by atoms with Gasteiger partial charge in [0.25, 0.3) is 5.56 Å². The molecular weight excluding hydrogens is 178 g/mol. The number of H-pyrrole nitrogens is 1. The van der Waals surface area contributed by atoms with Gasteiger partial charge in [-0.25, -0.2) is 0 Å². The molecule has 4 heteroatoms. The second-order valence-corrected chi connectivity index (χ2v) is 2.84. The molecule has 0 radical (unpaired) electrons.